The summed E-state index contributed by atoms with van der Waals surface area (Å²) in [6.07, 6.45) is -2.76. The Bertz CT molecular complexity index is 525. The van der Waals surface area contributed by atoms with Gasteiger partial charge in [0.1, 0.15) is 0 Å². The molecule has 0 spiro atoms. The van der Waals surface area contributed by atoms with Gasteiger partial charge in [0.05, 0.1) is 11.2 Å². The third-order valence-electron chi connectivity index (χ3n) is 4.03. The van der Waals surface area contributed by atoms with Gasteiger partial charge in [0.25, 0.3) is 0 Å². The van der Waals surface area contributed by atoms with Crippen LogP contribution >= 0.6 is 11.8 Å². The average molecular weight is 347 g/mol. The minimum atomic E-state index is -4.33. The molecular formula is C16H20F3NO2S. The molecule has 1 amide bonds. The fourth-order valence-electron chi connectivity index (χ4n) is 2.43. The summed E-state index contributed by atoms with van der Waals surface area (Å²) in [6.45, 7) is 0.475. The summed E-state index contributed by atoms with van der Waals surface area (Å²) in [4.78, 5) is 11.9. The van der Waals surface area contributed by atoms with Crippen LogP contribution in [0.1, 0.15) is 24.0 Å². The molecule has 0 saturated carbocycles. The van der Waals surface area contributed by atoms with Crippen molar-refractivity contribution < 1.29 is 22.7 Å². The molecule has 0 aliphatic carbocycles. The van der Waals surface area contributed by atoms with Gasteiger partial charge in [-0.25, -0.2) is 0 Å². The molecule has 1 N–H and O–H groups in total. The van der Waals surface area contributed by atoms with E-state index in [0.29, 0.717) is 18.5 Å². The number of amides is 1. The minimum Gasteiger partial charge on any atom is -0.376 e. The van der Waals surface area contributed by atoms with Crippen molar-refractivity contribution in [2.75, 3.05) is 25.2 Å². The van der Waals surface area contributed by atoms with Gasteiger partial charge in [-0.05, 0) is 36.3 Å². The number of hydrogen-bond acceptors (Lipinski definition) is 3. The van der Waals surface area contributed by atoms with Gasteiger partial charge in [-0.2, -0.15) is 24.9 Å². The van der Waals surface area contributed by atoms with Crippen LogP contribution in [0.4, 0.5) is 13.2 Å². The number of rotatable bonds is 6. The first kappa shape index (κ1) is 18.1. The summed E-state index contributed by atoms with van der Waals surface area (Å²) < 4.78 is 42.9. The Hall–Kier alpha value is -1.21. The molecule has 1 heterocycles. The summed E-state index contributed by atoms with van der Waals surface area (Å²) in [7, 11) is 1.65. The fourth-order valence-corrected chi connectivity index (χ4v) is 3.82. The van der Waals surface area contributed by atoms with Crippen LogP contribution < -0.4 is 5.32 Å². The van der Waals surface area contributed by atoms with E-state index in [1.165, 1.54) is 12.1 Å². The number of methoxy groups -OCH3 is 1. The highest BCUT2D eigenvalue weighted by atomic mass is 32.2. The van der Waals surface area contributed by atoms with Crippen LogP contribution in [-0.2, 0) is 22.1 Å². The third-order valence-corrected chi connectivity index (χ3v) is 5.25. The van der Waals surface area contributed by atoms with Crippen LogP contribution in [0.15, 0.2) is 24.3 Å². The summed E-state index contributed by atoms with van der Waals surface area (Å²) >= 11 is 1.80. The largest absolute Gasteiger partial charge is 0.416 e. The Morgan fingerprint density at radius 3 is 2.57 bits per heavy atom. The molecule has 0 radical (unpaired) electrons. The maximum atomic E-state index is 12.5. The number of thioether (sulfide) groups is 1. The monoisotopic (exact) mass is 347 g/mol. The van der Waals surface area contributed by atoms with Crippen LogP contribution in [0.2, 0.25) is 0 Å². The lowest BCUT2D eigenvalue weighted by molar-refractivity contribution is -0.137. The van der Waals surface area contributed by atoms with E-state index in [4.69, 9.17) is 4.74 Å². The topological polar surface area (TPSA) is 38.3 Å². The zero-order valence-corrected chi connectivity index (χ0v) is 13.7. The molecule has 1 fully saturated rings. The lowest BCUT2D eigenvalue weighted by Crippen LogP contribution is -2.44. The molecule has 1 atom stereocenters. The van der Waals surface area contributed by atoms with Gasteiger partial charge in [0.15, 0.2) is 0 Å². The molecule has 7 heteroatoms. The quantitative estimate of drug-likeness (QED) is 0.858. The predicted octanol–water partition coefficient (Wildman–Crippen LogP) is 3.28. The number of hydrogen-bond donors (Lipinski definition) is 1. The van der Waals surface area contributed by atoms with Crippen molar-refractivity contribution in [2.24, 2.45) is 0 Å². The first-order chi connectivity index (χ1) is 10.8. The lowest BCUT2D eigenvalue weighted by atomic mass is 10.0. The lowest BCUT2D eigenvalue weighted by Gasteiger charge is -2.26. The normalized spacial score (nSPS) is 21.4. The van der Waals surface area contributed by atoms with Crippen molar-refractivity contribution >= 4 is 17.7 Å². The van der Waals surface area contributed by atoms with E-state index in [1.807, 2.05) is 0 Å². The van der Waals surface area contributed by atoms with Gasteiger partial charge >= 0.3 is 6.18 Å². The highest BCUT2D eigenvalue weighted by Gasteiger charge is 2.34. The Kier molecular flexibility index (Phi) is 5.97. The number of ether oxygens (including phenoxy) is 1. The van der Waals surface area contributed by atoms with E-state index in [1.54, 1.807) is 18.9 Å². The molecule has 128 valence electrons. The zero-order valence-electron chi connectivity index (χ0n) is 12.9. The number of carbonyl (C=O) groups excluding carboxylic acids is 1. The number of nitrogens with one attached hydrogen (secondary N) is 1. The van der Waals surface area contributed by atoms with Crippen molar-refractivity contribution in [1.82, 2.24) is 5.32 Å². The van der Waals surface area contributed by atoms with E-state index in [2.05, 4.69) is 5.32 Å². The predicted molar refractivity (Wildman–Crippen MR) is 84.5 cm³/mol. The number of benzene rings is 1. The molecule has 2 rings (SSSR count). The molecule has 0 unspecified atom stereocenters. The van der Waals surface area contributed by atoms with Crippen molar-refractivity contribution in [2.45, 2.75) is 31.0 Å². The van der Waals surface area contributed by atoms with E-state index in [9.17, 15) is 18.0 Å². The van der Waals surface area contributed by atoms with E-state index in [-0.39, 0.29) is 17.9 Å². The maximum absolute atomic E-state index is 12.5. The molecule has 23 heavy (non-hydrogen) atoms. The summed E-state index contributed by atoms with van der Waals surface area (Å²) in [5.74, 6) is 1.77. The molecular weight excluding hydrogens is 327 g/mol. The number of carbonyl (C=O) groups is 1. The Morgan fingerprint density at radius 1 is 1.35 bits per heavy atom. The minimum absolute atomic E-state index is 0.113. The van der Waals surface area contributed by atoms with E-state index in [0.717, 1.165) is 30.1 Å². The summed E-state index contributed by atoms with van der Waals surface area (Å²) in [5.41, 5.74) is -0.244. The van der Waals surface area contributed by atoms with Gasteiger partial charge in [0, 0.05) is 25.8 Å². The van der Waals surface area contributed by atoms with Crippen molar-refractivity contribution in [3.05, 3.63) is 35.4 Å². The number of alkyl halides is 3. The first-order valence-corrected chi connectivity index (χ1v) is 8.56. The van der Waals surface area contributed by atoms with E-state index >= 15 is 0 Å². The number of aryl methyl sites for hydroxylation is 1. The Balaban J connectivity index is 1.78. The molecule has 0 aromatic heterocycles. The van der Waals surface area contributed by atoms with Crippen LogP contribution in [-0.4, -0.2) is 36.7 Å². The second kappa shape index (κ2) is 7.57. The highest BCUT2D eigenvalue weighted by molar-refractivity contribution is 7.99. The van der Waals surface area contributed by atoms with Gasteiger partial charge in [-0.3, -0.25) is 4.79 Å². The number of halogens is 3. The van der Waals surface area contributed by atoms with Crippen LogP contribution in [0, 0.1) is 0 Å². The maximum Gasteiger partial charge on any atom is 0.416 e. The van der Waals surface area contributed by atoms with Crippen molar-refractivity contribution in [3.8, 4) is 0 Å². The van der Waals surface area contributed by atoms with Gasteiger partial charge in [-0.1, -0.05) is 12.1 Å². The summed E-state index contributed by atoms with van der Waals surface area (Å²) in [6, 6.07) is 4.92. The molecule has 3 nitrogen and oxygen atoms in total. The second-order valence-corrected chi connectivity index (χ2v) is 6.77. The van der Waals surface area contributed by atoms with Crippen LogP contribution in [0.5, 0.6) is 0 Å². The van der Waals surface area contributed by atoms with E-state index < -0.39 is 11.7 Å². The molecule has 1 aliphatic heterocycles. The van der Waals surface area contributed by atoms with Gasteiger partial charge < -0.3 is 10.1 Å². The van der Waals surface area contributed by atoms with Gasteiger partial charge in [-0.15, -0.1) is 0 Å². The van der Waals surface area contributed by atoms with Gasteiger partial charge in [0.2, 0.25) is 5.91 Å². The molecule has 1 aromatic rings. The second-order valence-electron chi connectivity index (χ2n) is 5.66. The summed E-state index contributed by atoms with van der Waals surface area (Å²) in [5, 5.41) is 2.86. The highest BCUT2D eigenvalue weighted by Crippen LogP contribution is 2.30. The molecule has 1 aromatic carbocycles. The molecule has 1 saturated heterocycles. The standard InChI is InChI=1S/C16H20F3NO2S/c1-22-15(8-9-23-11-15)10-20-14(21)7-4-12-2-5-13(6-3-12)16(17,18)19/h2-3,5-6H,4,7-11H2,1H3,(H,20,21)/t15-/m1/s1. The van der Waals surface area contributed by atoms with Crippen molar-refractivity contribution in [1.29, 1.82) is 0 Å². The Labute approximate surface area is 138 Å². The van der Waals surface area contributed by atoms with Crippen LogP contribution in [0.3, 0.4) is 0 Å². The van der Waals surface area contributed by atoms with Crippen LogP contribution in [0.25, 0.3) is 0 Å². The first-order valence-electron chi connectivity index (χ1n) is 7.40. The van der Waals surface area contributed by atoms with Crippen molar-refractivity contribution in [3.63, 3.8) is 0 Å². The third kappa shape index (κ3) is 5.14. The Morgan fingerprint density at radius 2 is 2.04 bits per heavy atom. The smallest absolute Gasteiger partial charge is 0.376 e. The molecule has 1 aliphatic rings. The fraction of sp³-hybridized carbons (Fsp3) is 0.562. The molecule has 0 bridgehead atoms. The SMILES string of the molecule is CO[C@@]1(CNC(=O)CCc2ccc(C(F)(F)F)cc2)CCSC1. The average Bonchev–Trinajstić information content (AvgIpc) is 3.00. The zero-order chi connectivity index (χ0) is 16.9.